The van der Waals surface area contributed by atoms with Gasteiger partial charge in [-0.05, 0) is 72.8 Å². The van der Waals surface area contributed by atoms with Crippen molar-refractivity contribution in [1.29, 1.82) is 0 Å². The van der Waals surface area contributed by atoms with Gasteiger partial charge in [0, 0.05) is 41.7 Å². The minimum atomic E-state index is -1.91. The lowest BCUT2D eigenvalue weighted by Crippen LogP contribution is -2.46. The Bertz CT molecular complexity index is 1690. The molecule has 1 saturated heterocycles. The van der Waals surface area contributed by atoms with Crippen LogP contribution < -0.4 is 15.5 Å². The van der Waals surface area contributed by atoms with Crippen molar-refractivity contribution in [3.8, 4) is 0 Å². The predicted molar refractivity (Wildman–Crippen MR) is 182 cm³/mol. The highest BCUT2D eigenvalue weighted by molar-refractivity contribution is 6.31. The molecule has 0 radical (unpaired) electrons. The maximum absolute atomic E-state index is 14.1. The molecule has 0 aromatic heterocycles. The number of hydrogen-bond acceptors (Lipinski definition) is 6. The van der Waals surface area contributed by atoms with Gasteiger partial charge in [-0.3, -0.25) is 14.4 Å². The van der Waals surface area contributed by atoms with E-state index in [1.54, 1.807) is 47.1 Å². The molecule has 4 atom stereocenters. The fourth-order valence-corrected chi connectivity index (χ4v) is 7.17. The number of carbonyl (C=O) groups is 3. The first-order chi connectivity index (χ1) is 22.7. The molecule has 1 fully saturated rings. The van der Waals surface area contributed by atoms with E-state index in [9.17, 15) is 24.6 Å². The molecular weight excluding hydrogens is 616 g/mol. The van der Waals surface area contributed by atoms with Crippen LogP contribution in [0.5, 0.6) is 0 Å². The smallest absolute Gasteiger partial charge is 0.264 e. The Morgan fingerprint density at radius 3 is 2.70 bits per heavy atom. The summed E-state index contributed by atoms with van der Waals surface area (Å²) in [5, 5.41) is 28.7. The van der Waals surface area contributed by atoms with E-state index in [-0.39, 0.29) is 43.3 Å². The van der Waals surface area contributed by atoms with E-state index in [4.69, 9.17) is 11.6 Å². The Balaban J connectivity index is 1.17. The highest BCUT2D eigenvalue weighted by atomic mass is 35.5. The lowest BCUT2D eigenvalue weighted by molar-refractivity contribution is -0.139. The number of halogens is 1. The highest BCUT2D eigenvalue weighted by Gasteiger charge is 2.52. The first kappa shape index (κ1) is 32.9. The van der Waals surface area contributed by atoms with Crippen LogP contribution >= 0.6 is 11.6 Å². The molecule has 3 aliphatic rings. The molecule has 47 heavy (non-hydrogen) atoms. The first-order valence-electron chi connectivity index (χ1n) is 16.3. The molecule has 1 unspecified atom stereocenters. The standard InChI is InChI=1S/C37H41ClN4O5/c1-24(7-4-13-34(44)41-22-28-10-3-2-9-26(28)18-31(41)23-43)37(47)32-19-29(38)14-15-33(32)42(36(37)46)21-25-8-5-12-30(17-25)40-35(45)27-11-6-16-39-20-27/h2-5,7-10,12,14-15,17,19,24,27,31,39,43,47H,6,11,13,16,18,20-23H2,1H3,(H,40,45)/b7-4+/t24-,27?,31+,37+/m1/s1. The number of hydrogen-bond donors (Lipinski definition) is 4. The maximum atomic E-state index is 14.1. The van der Waals surface area contributed by atoms with Gasteiger partial charge in [-0.1, -0.05) is 67.1 Å². The second-order valence-corrected chi connectivity index (χ2v) is 13.2. The summed E-state index contributed by atoms with van der Waals surface area (Å²) in [7, 11) is 0. The molecule has 3 aromatic rings. The molecule has 246 valence electrons. The van der Waals surface area contributed by atoms with Crippen LogP contribution in [0, 0.1) is 11.8 Å². The Morgan fingerprint density at radius 1 is 1.13 bits per heavy atom. The van der Waals surface area contributed by atoms with Gasteiger partial charge in [-0.25, -0.2) is 0 Å². The summed E-state index contributed by atoms with van der Waals surface area (Å²) in [6.45, 7) is 3.80. The van der Waals surface area contributed by atoms with Gasteiger partial charge in [0.1, 0.15) is 0 Å². The normalized spacial score (nSPS) is 23.0. The van der Waals surface area contributed by atoms with Crippen molar-refractivity contribution in [3.05, 3.63) is 106 Å². The zero-order valence-electron chi connectivity index (χ0n) is 26.5. The molecule has 0 bridgehead atoms. The topological polar surface area (TPSA) is 122 Å². The number of nitrogens with zero attached hydrogens (tertiary/aromatic N) is 2. The Morgan fingerprint density at radius 2 is 1.94 bits per heavy atom. The summed E-state index contributed by atoms with van der Waals surface area (Å²) in [6.07, 6.45) is 5.85. The lowest BCUT2D eigenvalue weighted by Gasteiger charge is -2.36. The Labute approximate surface area is 280 Å². The van der Waals surface area contributed by atoms with Gasteiger partial charge in [-0.2, -0.15) is 0 Å². The van der Waals surface area contributed by atoms with Crippen molar-refractivity contribution in [2.45, 2.75) is 57.3 Å². The van der Waals surface area contributed by atoms with E-state index < -0.39 is 17.4 Å². The number of nitrogens with one attached hydrogen (secondary N) is 2. The highest BCUT2D eigenvalue weighted by Crippen LogP contribution is 2.46. The van der Waals surface area contributed by atoms with E-state index in [1.165, 1.54) is 0 Å². The van der Waals surface area contributed by atoms with E-state index in [2.05, 4.69) is 10.6 Å². The summed E-state index contributed by atoms with van der Waals surface area (Å²) >= 11 is 6.37. The van der Waals surface area contributed by atoms with Gasteiger partial charge in [0.05, 0.1) is 30.8 Å². The third-order valence-electron chi connectivity index (χ3n) is 9.70. The van der Waals surface area contributed by atoms with Crippen LogP contribution in [0.15, 0.2) is 78.9 Å². The van der Waals surface area contributed by atoms with Gasteiger partial charge in [0.2, 0.25) is 11.8 Å². The molecule has 9 nitrogen and oxygen atoms in total. The van der Waals surface area contributed by atoms with E-state index >= 15 is 0 Å². The molecule has 0 spiro atoms. The van der Waals surface area contributed by atoms with Crippen molar-refractivity contribution < 1.29 is 24.6 Å². The SMILES string of the molecule is C[C@H](/C=C/CC(=O)N1Cc2ccccc2C[C@H]1CO)[C@@]1(O)C(=O)N(Cc2cccc(NC(=O)C3CCCNC3)c2)c2ccc(Cl)cc21. The summed E-state index contributed by atoms with van der Waals surface area (Å²) in [6, 6.07) is 20.1. The summed E-state index contributed by atoms with van der Waals surface area (Å²) < 4.78 is 0. The molecule has 4 N–H and O–H groups in total. The van der Waals surface area contributed by atoms with Crippen LogP contribution in [0.4, 0.5) is 11.4 Å². The lowest BCUT2D eigenvalue weighted by atomic mass is 9.83. The predicted octanol–water partition coefficient (Wildman–Crippen LogP) is 4.54. The van der Waals surface area contributed by atoms with Crippen LogP contribution in [-0.2, 0) is 39.5 Å². The van der Waals surface area contributed by atoms with E-state index in [0.29, 0.717) is 41.5 Å². The minimum Gasteiger partial charge on any atom is -0.394 e. The summed E-state index contributed by atoms with van der Waals surface area (Å²) in [4.78, 5) is 43.4. The fourth-order valence-electron chi connectivity index (χ4n) is 7.00. The fraction of sp³-hybridized carbons (Fsp3) is 0.378. The van der Waals surface area contributed by atoms with Gasteiger partial charge in [-0.15, -0.1) is 0 Å². The van der Waals surface area contributed by atoms with Crippen molar-refractivity contribution in [2.75, 3.05) is 29.9 Å². The Kier molecular flexibility index (Phi) is 9.80. The Hall–Kier alpha value is -4.02. The van der Waals surface area contributed by atoms with E-state index in [0.717, 1.165) is 36.1 Å². The molecule has 6 rings (SSSR count). The van der Waals surface area contributed by atoms with Crippen LogP contribution in [0.1, 0.15) is 48.4 Å². The zero-order chi connectivity index (χ0) is 33.1. The average Bonchev–Trinajstić information content (AvgIpc) is 3.29. The number of anilines is 2. The number of aliphatic hydroxyl groups excluding tert-OH is 1. The van der Waals surface area contributed by atoms with Crippen molar-refractivity contribution in [1.82, 2.24) is 10.2 Å². The van der Waals surface area contributed by atoms with Crippen molar-refractivity contribution in [3.63, 3.8) is 0 Å². The zero-order valence-corrected chi connectivity index (χ0v) is 27.2. The number of amides is 3. The molecule has 3 aliphatic heterocycles. The van der Waals surface area contributed by atoms with Gasteiger partial charge >= 0.3 is 0 Å². The number of piperidine rings is 1. The van der Waals surface area contributed by atoms with Crippen LogP contribution in [0.3, 0.4) is 0 Å². The largest absolute Gasteiger partial charge is 0.394 e. The third-order valence-corrected chi connectivity index (χ3v) is 9.93. The second kappa shape index (κ2) is 14.0. The van der Waals surface area contributed by atoms with Crippen molar-refractivity contribution >= 4 is 40.7 Å². The second-order valence-electron chi connectivity index (χ2n) is 12.8. The first-order valence-corrected chi connectivity index (χ1v) is 16.7. The number of carbonyl (C=O) groups excluding carboxylic acids is 3. The third kappa shape index (κ3) is 6.71. The number of aliphatic hydroxyl groups is 2. The molecule has 0 saturated carbocycles. The molecular formula is C37H41ClN4O5. The monoisotopic (exact) mass is 656 g/mol. The van der Waals surface area contributed by atoms with E-state index in [1.807, 2.05) is 48.5 Å². The summed E-state index contributed by atoms with van der Waals surface area (Å²) in [5.41, 5.74) is 2.70. The number of benzene rings is 3. The molecule has 3 heterocycles. The van der Waals surface area contributed by atoms with Crippen LogP contribution in [-0.4, -0.2) is 58.6 Å². The quantitative estimate of drug-likeness (QED) is 0.251. The van der Waals surface area contributed by atoms with Gasteiger partial charge in [0.15, 0.2) is 5.60 Å². The molecule has 3 amide bonds. The van der Waals surface area contributed by atoms with Gasteiger partial charge < -0.3 is 30.6 Å². The van der Waals surface area contributed by atoms with Crippen molar-refractivity contribution in [2.24, 2.45) is 11.8 Å². The van der Waals surface area contributed by atoms with Crippen LogP contribution in [0.25, 0.3) is 0 Å². The number of rotatable bonds is 9. The minimum absolute atomic E-state index is 0.0305. The molecule has 3 aromatic carbocycles. The molecule has 10 heteroatoms. The van der Waals surface area contributed by atoms with Crippen LogP contribution in [0.2, 0.25) is 5.02 Å². The average molecular weight is 657 g/mol. The summed E-state index contributed by atoms with van der Waals surface area (Å²) in [5.74, 6) is -1.43. The van der Waals surface area contributed by atoms with Gasteiger partial charge in [0.25, 0.3) is 5.91 Å². The maximum Gasteiger partial charge on any atom is 0.264 e. The molecule has 0 aliphatic carbocycles. The number of fused-ring (bicyclic) bond motifs is 2.